The van der Waals surface area contributed by atoms with E-state index in [1.54, 1.807) is 4.90 Å². The van der Waals surface area contributed by atoms with E-state index < -0.39 is 12.1 Å². The van der Waals surface area contributed by atoms with Gasteiger partial charge in [0, 0.05) is 44.2 Å². The Bertz CT molecular complexity index is 1030. The lowest BCUT2D eigenvalue weighted by atomic mass is 10.0. The molecule has 0 saturated carbocycles. The fourth-order valence-corrected chi connectivity index (χ4v) is 4.97. The first-order valence-electron chi connectivity index (χ1n) is 14.2. The predicted molar refractivity (Wildman–Crippen MR) is 153 cm³/mol. The van der Waals surface area contributed by atoms with Crippen LogP contribution in [0.1, 0.15) is 70.4 Å². The number of amides is 4. The average molecular weight is 521 g/mol. The molecule has 1 aliphatic heterocycles. The van der Waals surface area contributed by atoms with Gasteiger partial charge in [0.15, 0.2) is 0 Å². The van der Waals surface area contributed by atoms with Crippen LogP contribution in [0.15, 0.2) is 54.6 Å². The summed E-state index contributed by atoms with van der Waals surface area (Å²) in [5.41, 5.74) is 2.85. The standard InChI is InChI=1S/C31H44N4O3/c1-4-6-7-8-12-15-29(36)35-21-20-34(23-24(35)3)30(37)28(22-26-13-10-9-11-14-26)33-31(38)32-27-18-16-25(5-2)17-19-27/h9-11,13-14,16-19,24,28H,4-8,12,15,20-23H2,1-3H3,(H2,32,33,38). The van der Waals surface area contributed by atoms with Crippen LogP contribution >= 0.6 is 0 Å². The van der Waals surface area contributed by atoms with Crippen molar-refractivity contribution in [2.45, 2.75) is 84.2 Å². The molecule has 2 atom stereocenters. The number of nitrogens with zero attached hydrogens (tertiary/aromatic N) is 2. The zero-order valence-corrected chi connectivity index (χ0v) is 23.2. The van der Waals surface area contributed by atoms with Gasteiger partial charge in [-0.2, -0.15) is 0 Å². The molecule has 1 aliphatic rings. The summed E-state index contributed by atoms with van der Waals surface area (Å²) in [6, 6.07) is 16.2. The first kappa shape index (κ1) is 29.2. The zero-order chi connectivity index (χ0) is 27.3. The van der Waals surface area contributed by atoms with Gasteiger partial charge in [-0.15, -0.1) is 0 Å². The molecule has 0 spiro atoms. The summed E-state index contributed by atoms with van der Waals surface area (Å²) in [4.78, 5) is 43.0. The van der Waals surface area contributed by atoms with Gasteiger partial charge in [-0.05, 0) is 43.0 Å². The minimum atomic E-state index is -0.708. The molecule has 206 valence electrons. The van der Waals surface area contributed by atoms with E-state index in [-0.39, 0.29) is 17.9 Å². The van der Waals surface area contributed by atoms with Crippen LogP contribution in [0.3, 0.4) is 0 Å². The first-order valence-corrected chi connectivity index (χ1v) is 14.2. The van der Waals surface area contributed by atoms with E-state index in [9.17, 15) is 14.4 Å². The summed E-state index contributed by atoms with van der Waals surface area (Å²) in [6.45, 7) is 7.73. The Kier molecular flexibility index (Phi) is 11.7. The smallest absolute Gasteiger partial charge is 0.319 e. The molecule has 1 saturated heterocycles. The largest absolute Gasteiger partial charge is 0.337 e. The van der Waals surface area contributed by atoms with Crippen LogP contribution in [0.2, 0.25) is 0 Å². The minimum absolute atomic E-state index is 0.0564. The van der Waals surface area contributed by atoms with Crippen molar-refractivity contribution < 1.29 is 14.4 Å². The Morgan fingerprint density at radius 2 is 1.61 bits per heavy atom. The molecule has 2 aromatic carbocycles. The summed E-state index contributed by atoms with van der Waals surface area (Å²) in [6.07, 6.45) is 7.48. The Morgan fingerprint density at radius 1 is 0.895 bits per heavy atom. The second kappa shape index (κ2) is 15.2. The number of piperazine rings is 1. The topological polar surface area (TPSA) is 81.8 Å². The molecule has 7 nitrogen and oxygen atoms in total. The average Bonchev–Trinajstić information content (AvgIpc) is 2.93. The van der Waals surface area contributed by atoms with Crippen molar-refractivity contribution in [3.8, 4) is 0 Å². The number of unbranched alkanes of at least 4 members (excludes halogenated alkanes) is 4. The van der Waals surface area contributed by atoms with Crippen LogP contribution in [-0.2, 0) is 22.4 Å². The molecule has 0 radical (unpaired) electrons. The lowest BCUT2D eigenvalue weighted by Gasteiger charge is -2.41. The number of urea groups is 1. The van der Waals surface area contributed by atoms with Crippen molar-refractivity contribution >= 4 is 23.5 Å². The third-order valence-electron chi connectivity index (χ3n) is 7.26. The molecular formula is C31H44N4O3. The Hall–Kier alpha value is -3.35. The number of nitrogens with one attached hydrogen (secondary N) is 2. The van der Waals surface area contributed by atoms with Gasteiger partial charge in [-0.3, -0.25) is 9.59 Å². The van der Waals surface area contributed by atoms with Gasteiger partial charge in [-0.1, -0.05) is 82.0 Å². The molecule has 4 amide bonds. The fraction of sp³-hybridized carbons (Fsp3) is 0.516. The Morgan fingerprint density at radius 3 is 2.26 bits per heavy atom. The number of benzene rings is 2. The van der Waals surface area contributed by atoms with Gasteiger partial charge in [0.05, 0.1) is 0 Å². The minimum Gasteiger partial charge on any atom is -0.337 e. The lowest BCUT2D eigenvalue weighted by molar-refractivity contribution is -0.143. The third kappa shape index (κ3) is 8.89. The molecule has 2 aromatic rings. The Balaban J connectivity index is 1.60. The molecule has 1 heterocycles. The van der Waals surface area contributed by atoms with Crippen molar-refractivity contribution in [1.29, 1.82) is 0 Å². The molecule has 3 rings (SSSR count). The number of anilines is 1. The fourth-order valence-electron chi connectivity index (χ4n) is 4.97. The van der Waals surface area contributed by atoms with Gasteiger partial charge in [0.25, 0.3) is 0 Å². The molecule has 7 heteroatoms. The van der Waals surface area contributed by atoms with Crippen molar-refractivity contribution in [3.63, 3.8) is 0 Å². The van der Waals surface area contributed by atoms with E-state index in [0.29, 0.717) is 38.2 Å². The molecule has 0 aromatic heterocycles. The number of carbonyl (C=O) groups excluding carboxylic acids is 3. The molecule has 0 bridgehead atoms. The molecule has 2 N–H and O–H groups in total. The maximum absolute atomic E-state index is 13.6. The normalized spacial score (nSPS) is 16.1. The Labute approximate surface area is 228 Å². The molecule has 38 heavy (non-hydrogen) atoms. The van der Waals surface area contributed by atoms with Gasteiger partial charge in [0.2, 0.25) is 11.8 Å². The summed E-state index contributed by atoms with van der Waals surface area (Å²) in [5, 5.41) is 5.77. The first-order chi connectivity index (χ1) is 18.4. The molecule has 0 aliphatic carbocycles. The second-order valence-electron chi connectivity index (χ2n) is 10.3. The summed E-state index contributed by atoms with van der Waals surface area (Å²) in [5.74, 6) is 0.0531. The highest BCUT2D eigenvalue weighted by Crippen LogP contribution is 2.16. The van der Waals surface area contributed by atoms with Crippen molar-refractivity contribution in [1.82, 2.24) is 15.1 Å². The summed E-state index contributed by atoms with van der Waals surface area (Å²) in [7, 11) is 0. The maximum Gasteiger partial charge on any atom is 0.319 e. The number of carbonyl (C=O) groups is 3. The number of hydrogen-bond acceptors (Lipinski definition) is 3. The van der Waals surface area contributed by atoms with E-state index in [2.05, 4.69) is 24.5 Å². The van der Waals surface area contributed by atoms with E-state index in [1.807, 2.05) is 66.4 Å². The molecule has 2 unspecified atom stereocenters. The highest BCUT2D eigenvalue weighted by atomic mass is 16.2. The highest BCUT2D eigenvalue weighted by Gasteiger charge is 2.33. The van der Waals surface area contributed by atoms with E-state index in [0.717, 1.165) is 24.8 Å². The van der Waals surface area contributed by atoms with Crippen molar-refractivity contribution in [3.05, 3.63) is 65.7 Å². The van der Waals surface area contributed by atoms with E-state index in [4.69, 9.17) is 0 Å². The van der Waals surface area contributed by atoms with Gasteiger partial charge in [0.1, 0.15) is 6.04 Å². The van der Waals surface area contributed by atoms with Crippen LogP contribution < -0.4 is 10.6 Å². The van der Waals surface area contributed by atoms with Crippen molar-refractivity contribution in [2.75, 3.05) is 25.0 Å². The van der Waals surface area contributed by atoms with E-state index >= 15 is 0 Å². The predicted octanol–water partition coefficient (Wildman–Crippen LogP) is 5.40. The van der Waals surface area contributed by atoms with Crippen LogP contribution in [0, 0.1) is 0 Å². The van der Waals surface area contributed by atoms with Crippen LogP contribution in [0.25, 0.3) is 0 Å². The van der Waals surface area contributed by atoms with Crippen LogP contribution in [-0.4, -0.2) is 59.4 Å². The maximum atomic E-state index is 13.6. The number of aryl methyl sites for hydroxylation is 1. The van der Waals surface area contributed by atoms with Crippen LogP contribution in [0.4, 0.5) is 10.5 Å². The van der Waals surface area contributed by atoms with E-state index in [1.165, 1.54) is 24.8 Å². The lowest BCUT2D eigenvalue weighted by Crippen LogP contribution is -2.59. The quantitative estimate of drug-likeness (QED) is 0.368. The highest BCUT2D eigenvalue weighted by molar-refractivity contribution is 5.94. The third-order valence-corrected chi connectivity index (χ3v) is 7.26. The number of rotatable bonds is 12. The van der Waals surface area contributed by atoms with Gasteiger partial charge in [-0.25, -0.2) is 4.79 Å². The SMILES string of the molecule is CCCCCCCC(=O)N1CCN(C(=O)C(Cc2ccccc2)NC(=O)Nc2ccc(CC)cc2)CC1C. The summed E-state index contributed by atoms with van der Waals surface area (Å²) < 4.78 is 0. The molecular weight excluding hydrogens is 476 g/mol. The summed E-state index contributed by atoms with van der Waals surface area (Å²) >= 11 is 0. The second-order valence-corrected chi connectivity index (χ2v) is 10.3. The zero-order valence-electron chi connectivity index (χ0n) is 23.2. The van der Waals surface area contributed by atoms with Crippen molar-refractivity contribution in [2.24, 2.45) is 0 Å². The van der Waals surface area contributed by atoms with Crippen LogP contribution in [0.5, 0.6) is 0 Å². The monoisotopic (exact) mass is 520 g/mol. The van der Waals surface area contributed by atoms with Gasteiger partial charge >= 0.3 is 6.03 Å². The van der Waals surface area contributed by atoms with Gasteiger partial charge < -0.3 is 20.4 Å². The molecule has 1 fully saturated rings. The number of hydrogen-bond donors (Lipinski definition) is 2.